The van der Waals surface area contributed by atoms with Crippen molar-refractivity contribution in [3.63, 3.8) is 0 Å². The van der Waals surface area contributed by atoms with E-state index in [1.54, 1.807) is 12.0 Å². The molecule has 1 aliphatic rings. The van der Waals surface area contributed by atoms with Gasteiger partial charge in [-0.3, -0.25) is 9.59 Å². The standard InChI is InChI=1S/C21H25N3O5S/c1-29-13-5-12-22-30(27,28)19-10-8-17(9-11-19)23-21(26)16-14-20(25)24(15-16)18-6-3-2-4-7-18/h2-4,6-11,16,22H,5,12-15H2,1H3,(H,23,26). The Morgan fingerprint density at radius 2 is 1.83 bits per heavy atom. The van der Waals surface area contributed by atoms with E-state index in [0.717, 1.165) is 5.69 Å². The molecule has 1 aliphatic heterocycles. The van der Waals surface area contributed by atoms with E-state index in [4.69, 9.17) is 4.74 Å². The lowest BCUT2D eigenvalue weighted by Gasteiger charge is -2.16. The normalized spacial score (nSPS) is 16.6. The first kappa shape index (κ1) is 21.9. The number of carbonyl (C=O) groups is 2. The third kappa shape index (κ3) is 5.44. The molecular formula is C21H25N3O5S. The summed E-state index contributed by atoms with van der Waals surface area (Å²) in [4.78, 5) is 26.6. The van der Waals surface area contributed by atoms with Crippen LogP contribution in [-0.2, 0) is 24.3 Å². The minimum absolute atomic E-state index is 0.0951. The van der Waals surface area contributed by atoms with Gasteiger partial charge < -0.3 is 15.0 Å². The number of anilines is 2. The van der Waals surface area contributed by atoms with Gasteiger partial charge in [0.05, 0.1) is 10.8 Å². The smallest absolute Gasteiger partial charge is 0.240 e. The molecule has 0 aromatic heterocycles. The Bertz CT molecular complexity index is 977. The molecule has 2 amide bonds. The minimum Gasteiger partial charge on any atom is -0.385 e. The van der Waals surface area contributed by atoms with Gasteiger partial charge in [-0.2, -0.15) is 0 Å². The maximum absolute atomic E-state index is 12.6. The van der Waals surface area contributed by atoms with Crippen molar-refractivity contribution in [3.05, 3.63) is 54.6 Å². The monoisotopic (exact) mass is 431 g/mol. The van der Waals surface area contributed by atoms with Gasteiger partial charge >= 0.3 is 0 Å². The second-order valence-corrected chi connectivity index (χ2v) is 8.77. The van der Waals surface area contributed by atoms with Crippen LogP contribution in [0.3, 0.4) is 0 Å². The van der Waals surface area contributed by atoms with Crippen LogP contribution in [0.2, 0.25) is 0 Å². The van der Waals surface area contributed by atoms with E-state index in [-0.39, 0.29) is 29.7 Å². The number of para-hydroxylation sites is 1. The van der Waals surface area contributed by atoms with Crippen LogP contribution in [-0.4, -0.2) is 47.0 Å². The van der Waals surface area contributed by atoms with Crippen LogP contribution in [0.1, 0.15) is 12.8 Å². The van der Waals surface area contributed by atoms with Crippen LogP contribution >= 0.6 is 0 Å². The molecule has 0 saturated carbocycles. The van der Waals surface area contributed by atoms with Crippen LogP contribution in [0, 0.1) is 5.92 Å². The lowest BCUT2D eigenvalue weighted by Crippen LogP contribution is -2.28. The largest absolute Gasteiger partial charge is 0.385 e. The topological polar surface area (TPSA) is 105 Å². The Labute approximate surface area is 176 Å². The van der Waals surface area contributed by atoms with Crippen molar-refractivity contribution in [2.24, 2.45) is 5.92 Å². The molecule has 0 radical (unpaired) electrons. The first-order valence-corrected chi connectivity index (χ1v) is 11.1. The number of sulfonamides is 1. The number of nitrogens with zero attached hydrogens (tertiary/aromatic N) is 1. The third-order valence-electron chi connectivity index (χ3n) is 4.81. The molecule has 1 unspecified atom stereocenters. The van der Waals surface area contributed by atoms with E-state index in [0.29, 0.717) is 25.3 Å². The third-order valence-corrected chi connectivity index (χ3v) is 6.29. The fourth-order valence-corrected chi connectivity index (χ4v) is 4.28. The number of amides is 2. The summed E-state index contributed by atoms with van der Waals surface area (Å²) in [6, 6.07) is 15.2. The average molecular weight is 432 g/mol. The van der Waals surface area contributed by atoms with Gasteiger partial charge in [-0.25, -0.2) is 13.1 Å². The Balaban J connectivity index is 1.58. The summed E-state index contributed by atoms with van der Waals surface area (Å²) in [6.07, 6.45) is 0.711. The predicted molar refractivity (Wildman–Crippen MR) is 114 cm³/mol. The second kappa shape index (κ2) is 9.84. The number of nitrogens with one attached hydrogen (secondary N) is 2. The fraction of sp³-hybridized carbons (Fsp3) is 0.333. The highest BCUT2D eigenvalue weighted by atomic mass is 32.2. The van der Waals surface area contributed by atoms with Gasteiger partial charge in [0.1, 0.15) is 0 Å². The highest BCUT2D eigenvalue weighted by molar-refractivity contribution is 7.89. The van der Waals surface area contributed by atoms with Crippen molar-refractivity contribution < 1.29 is 22.7 Å². The first-order chi connectivity index (χ1) is 14.4. The van der Waals surface area contributed by atoms with Crippen molar-refractivity contribution in [3.8, 4) is 0 Å². The molecule has 8 nitrogen and oxygen atoms in total. The van der Waals surface area contributed by atoms with Crippen molar-refractivity contribution in [1.29, 1.82) is 0 Å². The number of hydrogen-bond acceptors (Lipinski definition) is 5. The van der Waals surface area contributed by atoms with Crippen LogP contribution in [0.25, 0.3) is 0 Å². The Hall–Kier alpha value is -2.75. The average Bonchev–Trinajstić information content (AvgIpc) is 3.14. The van der Waals surface area contributed by atoms with E-state index in [1.807, 2.05) is 30.3 Å². The molecule has 0 spiro atoms. The van der Waals surface area contributed by atoms with Gasteiger partial charge in [-0.1, -0.05) is 18.2 Å². The van der Waals surface area contributed by atoms with Gasteiger partial charge in [0, 0.05) is 44.6 Å². The summed E-state index contributed by atoms with van der Waals surface area (Å²) < 4.78 is 31.9. The van der Waals surface area contributed by atoms with Crippen molar-refractivity contribution in [2.75, 3.05) is 37.0 Å². The second-order valence-electron chi connectivity index (χ2n) is 7.00. The van der Waals surface area contributed by atoms with Crippen LogP contribution in [0.5, 0.6) is 0 Å². The molecule has 1 heterocycles. The van der Waals surface area contributed by atoms with Gasteiger partial charge in [0.2, 0.25) is 21.8 Å². The van der Waals surface area contributed by atoms with E-state index < -0.39 is 15.9 Å². The zero-order chi connectivity index (χ0) is 21.6. The molecular weight excluding hydrogens is 406 g/mol. The number of carbonyl (C=O) groups excluding carboxylic acids is 2. The van der Waals surface area contributed by atoms with Gasteiger partial charge in [-0.15, -0.1) is 0 Å². The molecule has 2 aromatic rings. The molecule has 0 aliphatic carbocycles. The summed E-state index contributed by atoms with van der Waals surface area (Å²) >= 11 is 0. The SMILES string of the molecule is COCCCNS(=O)(=O)c1ccc(NC(=O)C2CC(=O)N(c3ccccc3)C2)cc1. The van der Waals surface area contributed by atoms with Gasteiger partial charge in [0.25, 0.3) is 0 Å². The van der Waals surface area contributed by atoms with Crippen LogP contribution in [0.15, 0.2) is 59.5 Å². The maximum Gasteiger partial charge on any atom is 0.240 e. The zero-order valence-electron chi connectivity index (χ0n) is 16.7. The van der Waals surface area contributed by atoms with Gasteiger partial charge in [0.15, 0.2) is 0 Å². The molecule has 160 valence electrons. The lowest BCUT2D eigenvalue weighted by atomic mass is 10.1. The molecule has 3 rings (SSSR count). The van der Waals surface area contributed by atoms with Gasteiger partial charge in [-0.05, 0) is 42.8 Å². The highest BCUT2D eigenvalue weighted by Gasteiger charge is 2.35. The van der Waals surface area contributed by atoms with Crippen LogP contribution < -0.4 is 14.9 Å². The van der Waals surface area contributed by atoms with Crippen molar-refractivity contribution >= 4 is 33.2 Å². The molecule has 30 heavy (non-hydrogen) atoms. The summed E-state index contributed by atoms with van der Waals surface area (Å²) in [5.74, 6) is -0.832. The maximum atomic E-state index is 12.6. The molecule has 9 heteroatoms. The summed E-state index contributed by atoms with van der Waals surface area (Å²) in [7, 11) is -2.06. The molecule has 1 fully saturated rings. The number of benzene rings is 2. The molecule has 2 aromatic carbocycles. The zero-order valence-corrected chi connectivity index (χ0v) is 17.5. The molecule has 1 saturated heterocycles. The van der Waals surface area contributed by atoms with Crippen molar-refractivity contribution in [2.45, 2.75) is 17.7 Å². The first-order valence-electron chi connectivity index (χ1n) is 9.65. The Kier molecular flexibility index (Phi) is 7.20. The molecule has 2 N–H and O–H groups in total. The van der Waals surface area contributed by atoms with E-state index in [1.165, 1.54) is 24.3 Å². The number of methoxy groups -OCH3 is 1. The van der Waals surface area contributed by atoms with Crippen molar-refractivity contribution in [1.82, 2.24) is 4.72 Å². The summed E-state index contributed by atoms with van der Waals surface area (Å²) in [6.45, 7) is 1.06. The number of ether oxygens (including phenoxy) is 1. The van der Waals surface area contributed by atoms with E-state index in [9.17, 15) is 18.0 Å². The summed E-state index contributed by atoms with van der Waals surface area (Å²) in [5, 5.41) is 2.77. The van der Waals surface area contributed by atoms with E-state index >= 15 is 0 Å². The predicted octanol–water partition coefficient (Wildman–Crippen LogP) is 1.99. The minimum atomic E-state index is -3.62. The number of rotatable bonds is 9. The Morgan fingerprint density at radius 3 is 2.50 bits per heavy atom. The van der Waals surface area contributed by atoms with Crippen LogP contribution in [0.4, 0.5) is 11.4 Å². The Morgan fingerprint density at radius 1 is 1.13 bits per heavy atom. The van der Waals surface area contributed by atoms with E-state index in [2.05, 4.69) is 10.0 Å². The summed E-state index contributed by atoms with van der Waals surface area (Å²) in [5.41, 5.74) is 1.24. The number of hydrogen-bond donors (Lipinski definition) is 2. The highest BCUT2D eigenvalue weighted by Crippen LogP contribution is 2.26. The molecule has 1 atom stereocenters. The lowest BCUT2D eigenvalue weighted by molar-refractivity contribution is -0.122. The quantitative estimate of drug-likeness (QED) is 0.591. The fourth-order valence-electron chi connectivity index (χ4n) is 3.21. The molecule has 0 bridgehead atoms.